The highest BCUT2D eigenvalue weighted by atomic mass is 35.5. The van der Waals surface area contributed by atoms with E-state index in [0.717, 1.165) is 25.9 Å². The Hall–Kier alpha value is -0.240. The maximum absolute atomic E-state index is 11.6. The van der Waals surface area contributed by atoms with Gasteiger partial charge in [0.05, 0.1) is 5.38 Å². The van der Waals surface area contributed by atoms with Crippen molar-refractivity contribution in [1.29, 1.82) is 0 Å². The van der Waals surface area contributed by atoms with E-state index in [2.05, 4.69) is 13.8 Å². The molecule has 13 heavy (non-hydrogen) atoms. The summed E-state index contributed by atoms with van der Waals surface area (Å²) >= 11 is 5.92. The van der Waals surface area contributed by atoms with Gasteiger partial charge in [-0.25, -0.2) is 0 Å². The van der Waals surface area contributed by atoms with E-state index in [9.17, 15) is 4.79 Å². The Kier molecular flexibility index (Phi) is 4.04. The lowest BCUT2D eigenvalue weighted by Gasteiger charge is -2.15. The monoisotopic (exact) mass is 203 g/mol. The number of likely N-dealkylation sites (tertiary alicyclic amines) is 1. The molecule has 0 aromatic carbocycles. The largest absolute Gasteiger partial charge is 0.341 e. The lowest BCUT2D eigenvalue weighted by molar-refractivity contribution is -0.130. The molecular formula is C10H18ClNO. The summed E-state index contributed by atoms with van der Waals surface area (Å²) in [5.41, 5.74) is 0. The molecule has 1 fully saturated rings. The molecule has 1 rings (SSSR count). The van der Waals surface area contributed by atoms with Crippen molar-refractivity contribution in [2.45, 2.75) is 38.5 Å². The normalized spacial score (nSPS) is 22.8. The molecule has 1 amide bonds. The average Bonchev–Trinajstić information content (AvgIpc) is 2.47. The van der Waals surface area contributed by atoms with Crippen LogP contribution in [0.4, 0.5) is 0 Å². The average molecular weight is 204 g/mol. The topological polar surface area (TPSA) is 20.3 Å². The van der Waals surface area contributed by atoms with Gasteiger partial charge in [0.25, 0.3) is 0 Å². The van der Waals surface area contributed by atoms with Gasteiger partial charge in [-0.15, -0.1) is 11.6 Å². The van der Waals surface area contributed by atoms with Crippen LogP contribution >= 0.6 is 11.6 Å². The second-order valence-electron chi connectivity index (χ2n) is 4.16. The molecule has 1 atom stereocenters. The molecule has 0 radical (unpaired) electrons. The summed E-state index contributed by atoms with van der Waals surface area (Å²) in [5, 5.41) is 0.183. The predicted molar refractivity (Wildman–Crippen MR) is 54.9 cm³/mol. The molecule has 0 N–H and O–H groups in total. The van der Waals surface area contributed by atoms with Crippen molar-refractivity contribution in [3.05, 3.63) is 0 Å². The number of amides is 1. The fraction of sp³-hybridized carbons (Fsp3) is 0.900. The zero-order valence-electron chi connectivity index (χ0n) is 8.42. The number of alkyl halides is 1. The Balaban J connectivity index is 2.24. The number of carbonyl (C=O) groups excluding carboxylic acids is 1. The quantitative estimate of drug-likeness (QED) is 0.645. The second-order valence-corrected chi connectivity index (χ2v) is 4.78. The fourth-order valence-corrected chi connectivity index (χ4v) is 1.78. The second kappa shape index (κ2) is 4.85. The van der Waals surface area contributed by atoms with Crippen molar-refractivity contribution in [2.24, 2.45) is 5.92 Å². The van der Waals surface area contributed by atoms with Crippen LogP contribution in [0.15, 0.2) is 0 Å². The molecular weight excluding hydrogens is 186 g/mol. The minimum absolute atomic E-state index is 0.183. The van der Waals surface area contributed by atoms with Gasteiger partial charge in [0, 0.05) is 19.5 Å². The van der Waals surface area contributed by atoms with Crippen molar-refractivity contribution < 1.29 is 4.79 Å². The van der Waals surface area contributed by atoms with Gasteiger partial charge in [0.15, 0.2) is 0 Å². The van der Waals surface area contributed by atoms with Crippen molar-refractivity contribution in [3.8, 4) is 0 Å². The van der Waals surface area contributed by atoms with E-state index in [0.29, 0.717) is 12.3 Å². The third-order valence-corrected chi connectivity index (χ3v) is 2.78. The van der Waals surface area contributed by atoms with Gasteiger partial charge in [-0.2, -0.15) is 0 Å². The van der Waals surface area contributed by atoms with Gasteiger partial charge in [0.2, 0.25) is 5.91 Å². The molecule has 1 saturated heterocycles. The van der Waals surface area contributed by atoms with E-state index < -0.39 is 0 Å². The first-order valence-electron chi connectivity index (χ1n) is 5.01. The minimum atomic E-state index is 0.183. The van der Waals surface area contributed by atoms with E-state index in [1.807, 2.05) is 4.90 Å². The first-order valence-corrected chi connectivity index (χ1v) is 5.45. The highest BCUT2D eigenvalue weighted by Gasteiger charge is 2.23. The summed E-state index contributed by atoms with van der Waals surface area (Å²) in [4.78, 5) is 13.5. The predicted octanol–water partition coefficient (Wildman–Crippen LogP) is 2.26. The third-order valence-electron chi connectivity index (χ3n) is 2.42. The van der Waals surface area contributed by atoms with E-state index >= 15 is 0 Å². The Morgan fingerprint density at radius 2 is 2.31 bits per heavy atom. The van der Waals surface area contributed by atoms with Gasteiger partial charge >= 0.3 is 0 Å². The van der Waals surface area contributed by atoms with Crippen LogP contribution in [0.3, 0.4) is 0 Å². The van der Waals surface area contributed by atoms with Gasteiger partial charge in [-0.05, 0) is 18.8 Å². The zero-order chi connectivity index (χ0) is 9.84. The number of nitrogens with zero attached hydrogens (tertiary/aromatic N) is 1. The highest BCUT2D eigenvalue weighted by molar-refractivity contribution is 6.21. The summed E-state index contributed by atoms with van der Waals surface area (Å²) in [6.45, 7) is 5.88. The van der Waals surface area contributed by atoms with Crippen LogP contribution in [0.1, 0.15) is 33.1 Å². The number of halogens is 1. The lowest BCUT2D eigenvalue weighted by atomic mass is 10.1. The minimum Gasteiger partial charge on any atom is -0.341 e. The van der Waals surface area contributed by atoms with Crippen LogP contribution in [-0.2, 0) is 4.79 Å². The van der Waals surface area contributed by atoms with Crippen LogP contribution in [-0.4, -0.2) is 29.3 Å². The molecule has 2 nitrogen and oxygen atoms in total. The lowest BCUT2D eigenvalue weighted by Crippen LogP contribution is -2.28. The van der Waals surface area contributed by atoms with Crippen LogP contribution in [0.2, 0.25) is 0 Å². The smallest absolute Gasteiger partial charge is 0.222 e. The zero-order valence-corrected chi connectivity index (χ0v) is 9.18. The molecule has 0 spiro atoms. The molecule has 0 saturated carbocycles. The molecule has 0 aromatic heterocycles. The van der Waals surface area contributed by atoms with E-state index in [-0.39, 0.29) is 11.3 Å². The summed E-state index contributed by atoms with van der Waals surface area (Å²) < 4.78 is 0. The van der Waals surface area contributed by atoms with Gasteiger partial charge in [-0.1, -0.05) is 13.8 Å². The van der Waals surface area contributed by atoms with Crippen LogP contribution in [0.5, 0.6) is 0 Å². The van der Waals surface area contributed by atoms with Crippen molar-refractivity contribution in [3.63, 3.8) is 0 Å². The SMILES string of the molecule is CC(C)CCC(=O)N1CCC(Cl)C1. The Morgan fingerprint density at radius 1 is 1.62 bits per heavy atom. The number of hydrogen-bond acceptors (Lipinski definition) is 1. The Morgan fingerprint density at radius 3 is 2.77 bits per heavy atom. The molecule has 3 heteroatoms. The molecule has 0 aliphatic carbocycles. The van der Waals surface area contributed by atoms with Crippen molar-refractivity contribution in [2.75, 3.05) is 13.1 Å². The third kappa shape index (κ3) is 3.55. The summed E-state index contributed by atoms with van der Waals surface area (Å²) in [7, 11) is 0. The van der Waals surface area contributed by atoms with Gasteiger partial charge in [0.1, 0.15) is 0 Å². The molecule has 1 unspecified atom stereocenters. The highest BCUT2D eigenvalue weighted by Crippen LogP contribution is 2.16. The molecule has 1 aliphatic rings. The van der Waals surface area contributed by atoms with Crippen molar-refractivity contribution >= 4 is 17.5 Å². The van der Waals surface area contributed by atoms with Gasteiger partial charge < -0.3 is 4.90 Å². The summed E-state index contributed by atoms with van der Waals surface area (Å²) in [6.07, 6.45) is 2.62. The molecule has 0 bridgehead atoms. The number of hydrogen-bond donors (Lipinski definition) is 0. The maximum Gasteiger partial charge on any atom is 0.222 e. The standard InChI is InChI=1S/C10H18ClNO/c1-8(2)3-4-10(13)12-6-5-9(11)7-12/h8-9H,3-7H2,1-2H3. The van der Waals surface area contributed by atoms with Crippen LogP contribution in [0, 0.1) is 5.92 Å². The van der Waals surface area contributed by atoms with Crippen LogP contribution < -0.4 is 0 Å². The maximum atomic E-state index is 11.6. The first kappa shape index (κ1) is 10.8. The first-order chi connectivity index (χ1) is 6.09. The van der Waals surface area contributed by atoms with E-state index in [1.54, 1.807) is 0 Å². The van der Waals surface area contributed by atoms with E-state index in [4.69, 9.17) is 11.6 Å². The Bertz CT molecular complexity index is 182. The number of rotatable bonds is 3. The number of carbonyl (C=O) groups is 1. The summed E-state index contributed by atoms with van der Waals surface area (Å²) in [6, 6.07) is 0. The molecule has 1 aliphatic heterocycles. The molecule has 1 heterocycles. The fourth-order valence-electron chi connectivity index (χ4n) is 1.51. The van der Waals surface area contributed by atoms with Gasteiger partial charge in [-0.3, -0.25) is 4.79 Å². The molecule has 0 aromatic rings. The van der Waals surface area contributed by atoms with E-state index in [1.165, 1.54) is 0 Å². The molecule has 76 valence electrons. The van der Waals surface area contributed by atoms with Crippen LogP contribution in [0.25, 0.3) is 0 Å². The summed E-state index contributed by atoms with van der Waals surface area (Å²) in [5.74, 6) is 0.884. The van der Waals surface area contributed by atoms with Crippen molar-refractivity contribution in [1.82, 2.24) is 4.90 Å². The Labute approximate surface area is 85.2 Å².